The van der Waals surface area contributed by atoms with Crippen molar-refractivity contribution in [3.8, 4) is 0 Å². The molecule has 37 heteroatoms. The fraction of sp³-hybridized carbons (Fsp3) is 0.271. The molecule has 122 heavy (non-hydrogen) atoms. The van der Waals surface area contributed by atoms with Crippen LogP contribution in [0.3, 0.4) is 0 Å². The van der Waals surface area contributed by atoms with Gasteiger partial charge in [0.25, 0.3) is 0 Å². The number of nitrogens with two attached hydrogens (primary N) is 1. The predicted molar refractivity (Wildman–Crippen MR) is 447 cm³/mol. The molecule has 0 aliphatic rings. The van der Waals surface area contributed by atoms with E-state index in [0.717, 1.165) is 69.8 Å². The average Bonchev–Trinajstić information content (AvgIpc) is 0.810. The Balaban J connectivity index is -0.000000664. The van der Waals surface area contributed by atoms with Crippen molar-refractivity contribution >= 4 is 94.0 Å². The van der Waals surface area contributed by atoms with E-state index in [1.807, 2.05) is 159 Å². The zero-order chi connectivity index (χ0) is 92.6. The third-order valence-corrected chi connectivity index (χ3v) is 14.4. The van der Waals surface area contributed by atoms with Gasteiger partial charge in [-0.3, -0.25) is 4.79 Å². The first kappa shape index (κ1) is 114. The first-order valence-electron chi connectivity index (χ1n) is 35.6. The molecule has 0 heterocycles. The average molecular weight is 1730 g/mol. The largest absolute Gasteiger partial charge is 1.00 e. The molecule has 0 radical (unpaired) electrons. The van der Waals surface area contributed by atoms with Gasteiger partial charge in [-0.1, -0.05) is 228 Å². The second kappa shape index (κ2) is 65.6. The maximum Gasteiger partial charge on any atom is 0.416 e. The summed E-state index contributed by atoms with van der Waals surface area (Å²) in [6.45, 7) is 20.5. The summed E-state index contributed by atoms with van der Waals surface area (Å²) in [7, 11) is 10.5. The number of nitrogen functional groups attached to an aromatic ring is 1. The predicted octanol–water partition coefficient (Wildman–Crippen LogP) is 13.9. The zero-order valence-electron chi connectivity index (χ0n) is 70.6. The highest BCUT2D eigenvalue weighted by atomic mass is 35.5. The molecule has 8 rings (SSSR count). The Morgan fingerprint density at radius 2 is 0.795 bits per heavy atom. The van der Waals surface area contributed by atoms with E-state index in [4.69, 9.17) is 55.7 Å². The number of aliphatic carboxylic acids is 3. The van der Waals surface area contributed by atoms with Gasteiger partial charge < -0.3 is 81.9 Å². The fourth-order valence-corrected chi connectivity index (χ4v) is 8.57. The quantitative estimate of drug-likeness (QED) is 0.00426. The highest BCUT2D eigenvalue weighted by Gasteiger charge is 2.32. The smallest absolute Gasteiger partial charge is 0.416 e. The van der Waals surface area contributed by atoms with E-state index in [0.29, 0.717) is 34.2 Å². The van der Waals surface area contributed by atoms with Crippen molar-refractivity contribution in [2.24, 2.45) is 36.1 Å². The van der Waals surface area contributed by atoms with Crippen molar-refractivity contribution in [2.75, 3.05) is 62.6 Å². The lowest BCUT2D eigenvalue weighted by atomic mass is 10.0. The highest BCUT2D eigenvalue weighted by Crippen LogP contribution is 2.31. The number of hydrogen-bond donors (Lipinski definition) is 5. The Kier molecular flexibility index (Phi) is 61.3. The van der Waals surface area contributed by atoms with E-state index in [-0.39, 0.29) is 70.7 Å². The molecule has 0 saturated carbocycles. The van der Waals surface area contributed by atoms with Gasteiger partial charge in [0.2, 0.25) is 11.7 Å². The van der Waals surface area contributed by atoms with E-state index in [2.05, 4.69) is 69.9 Å². The van der Waals surface area contributed by atoms with Crippen LogP contribution in [0, 0.1) is 33.1 Å². The van der Waals surface area contributed by atoms with Crippen LogP contribution in [0.5, 0.6) is 0 Å². The number of oxime groups is 7. The molecule has 0 unspecified atom stereocenters. The topological polar surface area (TPSA) is 424 Å². The normalized spacial score (nSPS) is 10.7. The molecule has 660 valence electrons. The Bertz CT molecular complexity index is 4760. The second-order valence-corrected chi connectivity index (χ2v) is 22.3. The molecule has 0 aliphatic heterocycles. The van der Waals surface area contributed by atoms with Gasteiger partial charge in [0.05, 0.1) is 43.9 Å². The van der Waals surface area contributed by atoms with Gasteiger partial charge in [0.15, 0.2) is 34.0 Å². The number of diazo groups is 1. The Morgan fingerprint density at radius 3 is 1.11 bits per heavy atom. The van der Waals surface area contributed by atoms with Gasteiger partial charge in [-0.2, -0.15) is 26.3 Å². The number of carboxylic acid groups (broad SMARTS) is 3. The first-order valence-corrected chi connectivity index (χ1v) is 35.6. The monoisotopic (exact) mass is 1730 g/mol. The maximum atomic E-state index is 12.9. The molecular formula is C85H101ClF6N10O20. The SMILES string of the molecule is C/C(=N\O)c1cccc(C(F)(F)F)c1.CC.CC.CCc1ccccc1/C(=N\OC)C(=O)OC.CO/N=C(/C(=O)O)c1ccccc1C.CO/N=C(/C(=O)OC)c1ccccc1C.CO/N=C(/C(=O)OC)c1ccccc1CO/N=C(\C)c1cccc(C(F)(F)F)c1.CO/N=C/C(=O)O.Cc1ccccc1N.Cc1ccccc1[N+]#N.O=CC(=O)O.[Cl-]. The minimum atomic E-state index is -4.44. The second-order valence-electron chi connectivity index (χ2n) is 22.3. The summed E-state index contributed by atoms with van der Waals surface area (Å²) in [6, 6.07) is 53.4. The van der Waals surface area contributed by atoms with E-state index in [1.54, 1.807) is 48.5 Å². The van der Waals surface area contributed by atoms with Crippen molar-refractivity contribution < 1.29 is 136 Å². The van der Waals surface area contributed by atoms with Gasteiger partial charge in [-0.15, -0.1) is 0 Å². The van der Waals surface area contributed by atoms with Crippen LogP contribution in [0.25, 0.3) is 4.98 Å². The molecule has 8 aromatic rings. The Hall–Kier alpha value is -14.4. The fourth-order valence-electron chi connectivity index (χ4n) is 8.57. The third-order valence-electron chi connectivity index (χ3n) is 14.4. The standard InChI is InChI=1S/C20H19F3N2O4.C12H15NO3.C11H13NO3.C10H11NO3.C9H8F3NO.C7H7N2.C7H9N.C3H5NO3.C2H2O3.2C2H6.ClH/c1-13(14-8-6-9-16(11-14)20(21,22)23)24-29-12-15-7-4-5-10-17(15)18(25-28-3)19(26)27-2;1-4-9-7-5-6-8-10(9)11(13-16-3)12(14)15-2;1-8-6-4-5-7-9(8)10(12-15-3)11(13)14-2;1-7-5-3-4-6-8(7)9(10(12)13)11-14-2;1-6(13-14)7-3-2-4-8(5-7)9(10,11)12;1-6-4-2-3-5-7(6)9-8;1-6-4-2-3-5-7(6)8;1-7-4-2-3(5)6;3-1-2(4)5;2*1-2;/h4-11H,12H2,1-3H3;5-8H,4H2,1-3H3;4-7H,1-3H3;3-6H,1-2H3,(H,12,13);2-5,14H,1H3;2-5H,1H3;2-5H,8H2,1H3;2H,1H3,(H,5,6);1H,(H,4,5);2*1-2H3;1H/q;;;;;+1;;;;;;/p-1/b24-13+,25-18+;13-11+;12-10+;11-9+;13-6+;;;4-2+;;;;. The lowest BCUT2D eigenvalue weighted by molar-refractivity contribution is -0.143. The minimum absolute atomic E-state index is 0. The summed E-state index contributed by atoms with van der Waals surface area (Å²) in [5, 5.41) is 65.0. The molecule has 0 aliphatic carbocycles. The van der Waals surface area contributed by atoms with Crippen molar-refractivity contribution in [3.63, 3.8) is 0 Å². The Labute approximate surface area is 709 Å². The number of aldehydes is 1. The number of benzene rings is 8. The molecule has 0 aromatic heterocycles. The van der Waals surface area contributed by atoms with Crippen LogP contribution in [0.2, 0.25) is 0 Å². The van der Waals surface area contributed by atoms with Gasteiger partial charge >= 0.3 is 53.9 Å². The van der Waals surface area contributed by atoms with E-state index in [9.17, 15) is 50.3 Å². The van der Waals surface area contributed by atoms with Gasteiger partial charge in [0.1, 0.15) is 42.2 Å². The van der Waals surface area contributed by atoms with Gasteiger partial charge in [-0.25, -0.2) is 28.8 Å². The van der Waals surface area contributed by atoms with Gasteiger partial charge in [0, 0.05) is 45.1 Å². The van der Waals surface area contributed by atoms with Crippen molar-refractivity contribution in [2.45, 2.75) is 102 Å². The van der Waals surface area contributed by atoms with Crippen molar-refractivity contribution in [1.29, 1.82) is 5.39 Å². The molecule has 0 fully saturated rings. The number of rotatable bonds is 21. The molecule has 0 bridgehead atoms. The van der Waals surface area contributed by atoms with E-state index >= 15 is 0 Å². The number of methoxy groups -OCH3 is 3. The lowest BCUT2D eigenvalue weighted by Crippen LogP contribution is -3.00. The molecular weight excluding hydrogens is 1630 g/mol. The van der Waals surface area contributed by atoms with Crippen LogP contribution in [0.1, 0.15) is 126 Å². The summed E-state index contributed by atoms with van der Waals surface area (Å²) in [6.07, 6.45) is -7.50. The minimum Gasteiger partial charge on any atom is -1.00 e. The molecule has 0 spiro atoms. The highest BCUT2D eigenvalue weighted by molar-refractivity contribution is 6.45. The number of esters is 3. The number of carbonyl (C=O) groups is 7. The van der Waals surface area contributed by atoms with E-state index < -0.39 is 59.3 Å². The number of carboxylic acids is 3. The number of para-hydroxylation sites is 1. The van der Waals surface area contributed by atoms with Crippen molar-refractivity contribution in [3.05, 3.63) is 277 Å². The molecule has 30 nitrogen and oxygen atoms in total. The van der Waals surface area contributed by atoms with Crippen LogP contribution in [0.4, 0.5) is 37.7 Å². The summed E-state index contributed by atoms with van der Waals surface area (Å²) in [5.41, 5.74) is 14.7. The number of halogens is 7. The first-order chi connectivity index (χ1) is 57.5. The van der Waals surface area contributed by atoms with Crippen LogP contribution in [-0.4, -0.2) is 160 Å². The van der Waals surface area contributed by atoms with Crippen LogP contribution >= 0.6 is 0 Å². The zero-order valence-corrected chi connectivity index (χ0v) is 71.4. The number of nitrogens with zero attached hydrogens (tertiary/aromatic N) is 9. The molecule has 0 atom stereocenters. The number of anilines is 1. The molecule has 0 amide bonds. The third kappa shape index (κ3) is 45.4. The molecule has 8 aromatic carbocycles. The lowest BCUT2D eigenvalue weighted by Gasteiger charge is -2.10. The summed E-state index contributed by atoms with van der Waals surface area (Å²) >= 11 is 0. The van der Waals surface area contributed by atoms with Crippen LogP contribution in [0.15, 0.2) is 230 Å². The number of alkyl halides is 6. The molecule has 6 N–H and O–H groups in total. The number of carbonyl (C=O) groups excluding carboxylic acids is 4. The summed E-state index contributed by atoms with van der Waals surface area (Å²) < 4.78 is 89.3. The summed E-state index contributed by atoms with van der Waals surface area (Å²) in [4.78, 5) is 104. The van der Waals surface area contributed by atoms with Gasteiger partial charge in [-0.05, 0) is 112 Å². The number of hydrogen-bond acceptors (Lipinski definition) is 26. The van der Waals surface area contributed by atoms with Crippen LogP contribution < -0.4 is 18.1 Å². The number of aryl methyl sites for hydroxylation is 5. The maximum absolute atomic E-state index is 12.9. The number of ether oxygens (including phenoxy) is 3. The van der Waals surface area contributed by atoms with Crippen molar-refractivity contribution in [1.82, 2.24) is 0 Å². The Morgan fingerprint density at radius 1 is 0.451 bits per heavy atom. The van der Waals surface area contributed by atoms with E-state index in [1.165, 1.54) is 95.0 Å². The molecule has 0 saturated heterocycles. The summed E-state index contributed by atoms with van der Waals surface area (Å²) in [5.74, 6) is -5.33. The van der Waals surface area contributed by atoms with Crippen LogP contribution in [-0.2, 0) is 102 Å².